The van der Waals surface area contributed by atoms with E-state index in [1.165, 1.54) is 11.3 Å². The second kappa shape index (κ2) is 9.53. The van der Waals surface area contributed by atoms with E-state index in [1.54, 1.807) is 0 Å². The van der Waals surface area contributed by atoms with Gasteiger partial charge in [0.25, 0.3) is 11.8 Å². The molecule has 1 heterocycles. The van der Waals surface area contributed by atoms with Crippen LogP contribution in [0.2, 0.25) is 0 Å². The molecule has 0 bridgehead atoms. The highest BCUT2D eigenvalue weighted by molar-refractivity contribution is 7.17. The van der Waals surface area contributed by atoms with E-state index in [4.69, 9.17) is 15.2 Å². The molecule has 0 unspecified atom stereocenters. The van der Waals surface area contributed by atoms with Gasteiger partial charge in [-0.15, -0.1) is 11.3 Å². The molecular weight excluding hydrogens is 364 g/mol. The van der Waals surface area contributed by atoms with Crippen LogP contribution in [0.15, 0.2) is 30.3 Å². The summed E-state index contributed by atoms with van der Waals surface area (Å²) < 4.78 is 10.9. The van der Waals surface area contributed by atoms with Gasteiger partial charge in [0.1, 0.15) is 24.0 Å². The summed E-state index contributed by atoms with van der Waals surface area (Å²) in [4.78, 5) is 25.3. The highest BCUT2D eigenvalue weighted by Gasteiger charge is 2.24. The molecule has 1 aromatic heterocycles. The van der Waals surface area contributed by atoms with Crippen molar-refractivity contribution in [3.05, 3.63) is 46.3 Å². The number of nitrogens with two attached hydrogens (primary N) is 1. The number of ether oxygens (including phenoxy) is 2. The largest absolute Gasteiger partial charge is 0.491 e. The summed E-state index contributed by atoms with van der Waals surface area (Å²) in [6.45, 7) is 0.558. The summed E-state index contributed by atoms with van der Waals surface area (Å²) >= 11 is 1.46. The van der Waals surface area contributed by atoms with Crippen LogP contribution in [0.4, 0.5) is 5.00 Å². The fourth-order valence-electron chi connectivity index (χ4n) is 3.15. The number of primary amides is 1. The molecule has 3 N–H and O–H groups in total. The summed E-state index contributed by atoms with van der Waals surface area (Å²) in [6, 6.07) is 9.42. The zero-order valence-electron chi connectivity index (χ0n) is 15.2. The Morgan fingerprint density at radius 2 is 1.85 bits per heavy atom. The summed E-state index contributed by atoms with van der Waals surface area (Å²) in [7, 11) is 0. The Kier molecular flexibility index (Phi) is 6.84. The van der Waals surface area contributed by atoms with Crippen LogP contribution >= 0.6 is 11.3 Å². The smallest absolute Gasteiger partial charge is 0.251 e. The Hall–Kier alpha value is -2.38. The lowest BCUT2D eigenvalue weighted by atomic mass is 10.1. The van der Waals surface area contributed by atoms with E-state index in [2.05, 4.69) is 5.32 Å². The van der Waals surface area contributed by atoms with E-state index in [0.717, 1.165) is 48.3 Å². The molecule has 27 heavy (non-hydrogen) atoms. The number of rotatable bonds is 8. The molecule has 0 spiro atoms. The van der Waals surface area contributed by atoms with Gasteiger partial charge in [-0.05, 0) is 43.4 Å². The normalized spacial score (nSPS) is 13.5. The van der Waals surface area contributed by atoms with Crippen LogP contribution in [-0.2, 0) is 22.4 Å². The molecule has 2 amide bonds. The van der Waals surface area contributed by atoms with Gasteiger partial charge in [0.15, 0.2) is 0 Å². The maximum atomic E-state index is 12.2. The first-order chi connectivity index (χ1) is 13.1. The van der Waals surface area contributed by atoms with Crippen molar-refractivity contribution in [3.8, 4) is 5.75 Å². The van der Waals surface area contributed by atoms with Crippen molar-refractivity contribution in [2.75, 3.05) is 25.1 Å². The lowest BCUT2D eigenvalue weighted by Crippen LogP contribution is -2.22. The molecule has 0 fully saturated rings. The zero-order valence-corrected chi connectivity index (χ0v) is 16.0. The molecule has 7 heteroatoms. The Morgan fingerprint density at radius 1 is 1.07 bits per heavy atom. The van der Waals surface area contributed by atoms with Crippen molar-refractivity contribution >= 4 is 28.2 Å². The van der Waals surface area contributed by atoms with Crippen molar-refractivity contribution in [3.63, 3.8) is 0 Å². The molecule has 3 rings (SSSR count). The zero-order chi connectivity index (χ0) is 19.1. The van der Waals surface area contributed by atoms with Gasteiger partial charge < -0.3 is 20.5 Å². The summed E-state index contributed by atoms with van der Waals surface area (Å²) in [5, 5.41) is 3.34. The Labute approximate surface area is 162 Å². The fraction of sp³-hybridized carbons (Fsp3) is 0.400. The minimum absolute atomic E-state index is 0.0983. The lowest BCUT2D eigenvalue weighted by molar-refractivity contribution is -0.120. The third-order valence-corrected chi connectivity index (χ3v) is 5.60. The first kappa shape index (κ1) is 19.4. The van der Waals surface area contributed by atoms with Gasteiger partial charge in [-0.25, -0.2) is 0 Å². The molecule has 6 nitrogen and oxygen atoms in total. The number of para-hydroxylation sites is 1. The summed E-state index contributed by atoms with van der Waals surface area (Å²) in [6.07, 6.45) is 5.07. The second-order valence-corrected chi connectivity index (χ2v) is 7.50. The molecule has 1 aromatic carbocycles. The predicted octanol–water partition coefficient (Wildman–Crippen LogP) is 3.15. The van der Waals surface area contributed by atoms with Gasteiger partial charge in [-0.2, -0.15) is 0 Å². The van der Waals surface area contributed by atoms with E-state index in [9.17, 15) is 9.59 Å². The summed E-state index contributed by atoms with van der Waals surface area (Å²) in [5.41, 5.74) is 7.06. The van der Waals surface area contributed by atoms with Crippen LogP contribution in [0.1, 0.15) is 40.1 Å². The molecule has 1 aliphatic carbocycles. The molecule has 0 saturated heterocycles. The Balaban J connectivity index is 1.49. The van der Waals surface area contributed by atoms with Crippen molar-refractivity contribution in [2.24, 2.45) is 5.73 Å². The highest BCUT2D eigenvalue weighted by Crippen LogP contribution is 2.37. The molecule has 0 atom stereocenters. The van der Waals surface area contributed by atoms with Crippen LogP contribution in [0.5, 0.6) is 5.75 Å². The lowest BCUT2D eigenvalue weighted by Gasteiger charge is -2.08. The van der Waals surface area contributed by atoms with E-state index < -0.39 is 5.91 Å². The monoisotopic (exact) mass is 388 g/mol. The number of thiophene rings is 1. The number of hydrogen-bond donors (Lipinski definition) is 2. The van der Waals surface area contributed by atoms with Crippen molar-refractivity contribution < 1.29 is 19.1 Å². The van der Waals surface area contributed by atoms with Crippen molar-refractivity contribution in [1.29, 1.82) is 0 Å². The average molecular weight is 388 g/mol. The number of nitrogens with one attached hydrogen (secondary N) is 1. The first-order valence-corrected chi connectivity index (χ1v) is 9.96. The third-order valence-electron chi connectivity index (χ3n) is 4.39. The van der Waals surface area contributed by atoms with Crippen LogP contribution in [0, 0.1) is 0 Å². The predicted molar refractivity (Wildman–Crippen MR) is 105 cm³/mol. The molecule has 1 aliphatic rings. The topological polar surface area (TPSA) is 90.7 Å². The minimum atomic E-state index is -0.484. The average Bonchev–Trinajstić information content (AvgIpc) is 2.83. The number of benzene rings is 1. The number of carbonyl (C=O) groups excluding carboxylic acids is 2. The first-order valence-electron chi connectivity index (χ1n) is 9.15. The van der Waals surface area contributed by atoms with Gasteiger partial charge in [-0.3, -0.25) is 9.59 Å². The maximum absolute atomic E-state index is 12.2. The molecule has 2 aromatic rings. The van der Waals surface area contributed by atoms with E-state index in [0.29, 0.717) is 23.8 Å². The number of carbonyl (C=O) groups is 2. The van der Waals surface area contributed by atoms with Crippen LogP contribution in [-0.4, -0.2) is 31.6 Å². The molecule has 144 valence electrons. The molecule has 0 radical (unpaired) electrons. The van der Waals surface area contributed by atoms with Gasteiger partial charge in [-0.1, -0.05) is 24.6 Å². The van der Waals surface area contributed by atoms with E-state index in [1.807, 2.05) is 30.3 Å². The minimum Gasteiger partial charge on any atom is -0.491 e. The van der Waals surface area contributed by atoms with E-state index in [-0.39, 0.29) is 12.5 Å². The van der Waals surface area contributed by atoms with Gasteiger partial charge in [0.05, 0.1) is 12.2 Å². The third kappa shape index (κ3) is 5.30. The molecule has 0 saturated carbocycles. The Bertz CT molecular complexity index is 789. The summed E-state index contributed by atoms with van der Waals surface area (Å²) in [5.74, 6) is -0.0211. The SMILES string of the molecule is NC(=O)c1c(NC(=O)COCCOc2ccccc2)sc2c1CCCCC2. The second-order valence-electron chi connectivity index (χ2n) is 6.40. The number of anilines is 1. The van der Waals surface area contributed by atoms with Crippen LogP contribution < -0.4 is 15.8 Å². The number of fused-ring (bicyclic) bond motifs is 1. The van der Waals surface area contributed by atoms with Crippen LogP contribution in [0.25, 0.3) is 0 Å². The number of amides is 2. The van der Waals surface area contributed by atoms with E-state index >= 15 is 0 Å². The molecule has 0 aliphatic heterocycles. The quantitative estimate of drug-likeness (QED) is 0.537. The fourth-order valence-corrected chi connectivity index (χ4v) is 4.46. The standard InChI is InChI=1S/C20H24N2O4S/c21-19(24)18-15-9-5-2-6-10-16(15)27-20(18)22-17(23)13-25-11-12-26-14-7-3-1-4-8-14/h1,3-4,7-8H,2,5-6,9-13H2,(H2,21,24)(H,22,23). The van der Waals surface area contributed by atoms with Crippen molar-refractivity contribution in [1.82, 2.24) is 0 Å². The van der Waals surface area contributed by atoms with Gasteiger partial charge >= 0.3 is 0 Å². The van der Waals surface area contributed by atoms with Gasteiger partial charge in [0, 0.05) is 4.88 Å². The molecular formula is C20H24N2O4S. The number of hydrogen-bond acceptors (Lipinski definition) is 5. The van der Waals surface area contributed by atoms with Gasteiger partial charge in [0.2, 0.25) is 0 Å². The van der Waals surface area contributed by atoms with Crippen LogP contribution in [0.3, 0.4) is 0 Å². The Morgan fingerprint density at radius 3 is 2.63 bits per heavy atom. The van der Waals surface area contributed by atoms with Crippen molar-refractivity contribution in [2.45, 2.75) is 32.1 Å². The number of aryl methyl sites for hydroxylation is 1. The maximum Gasteiger partial charge on any atom is 0.251 e. The highest BCUT2D eigenvalue weighted by atomic mass is 32.1.